The van der Waals surface area contributed by atoms with Gasteiger partial charge in [0.05, 0.1) is 5.69 Å². The van der Waals surface area contributed by atoms with Crippen LogP contribution in [-0.2, 0) is 6.42 Å². The van der Waals surface area contributed by atoms with Gasteiger partial charge in [0.15, 0.2) is 0 Å². The predicted octanol–water partition coefficient (Wildman–Crippen LogP) is 2.24. The largest absolute Gasteiger partial charge is 0.377 e. The fourth-order valence-electron chi connectivity index (χ4n) is 3.44. The zero-order chi connectivity index (χ0) is 18.8. The first-order valence-electron chi connectivity index (χ1n) is 8.79. The van der Waals surface area contributed by atoms with Crippen molar-refractivity contribution in [3.63, 3.8) is 0 Å². The number of tetrazole rings is 1. The van der Waals surface area contributed by atoms with Crippen LogP contribution < -0.4 is 5.69 Å². The molecule has 8 heteroatoms. The number of hydrogen-bond donors (Lipinski definition) is 0. The minimum atomic E-state index is -0.712. The average Bonchev–Trinajstić information content (AvgIpc) is 3.29. The third kappa shape index (κ3) is 3.38. The van der Waals surface area contributed by atoms with Crippen LogP contribution in [0, 0.1) is 5.82 Å². The molecule has 0 N–H and O–H groups in total. The van der Waals surface area contributed by atoms with Crippen LogP contribution in [-0.4, -0.2) is 43.3 Å². The average molecular weight is 367 g/mol. The third-order valence-corrected chi connectivity index (χ3v) is 4.75. The van der Waals surface area contributed by atoms with Crippen LogP contribution in [0.3, 0.4) is 0 Å². The molecule has 1 atom stereocenters. The van der Waals surface area contributed by atoms with Crippen molar-refractivity contribution >= 4 is 6.03 Å². The van der Waals surface area contributed by atoms with Crippen LogP contribution in [0.4, 0.5) is 9.18 Å². The SMILES string of the molecule is O=C(N1CCCC1Cc1ccccc1)n1nnn(-c2cccc(F)c2)c1=O. The van der Waals surface area contributed by atoms with Gasteiger partial charge in [-0.2, -0.15) is 4.68 Å². The molecule has 1 aromatic heterocycles. The van der Waals surface area contributed by atoms with E-state index in [0.717, 1.165) is 34.2 Å². The van der Waals surface area contributed by atoms with Crippen molar-refractivity contribution in [1.82, 2.24) is 24.7 Å². The Hall–Kier alpha value is -3.29. The Morgan fingerprint density at radius 3 is 2.70 bits per heavy atom. The number of aromatic nitrogens is 4. The van der Waals surface area contributed by atoms with Gasteiger partial charge in [-0.3, -0.25) is 0 Å². The second-order valence-electron chi connectivity index (χ2n) is 6.53. The molecule has 1 aliphatic heterocycles. The van der Waals surface area contributed by atoms with Crippen LogP contribution in [0.15, 0.2) is 59.4 Å². The molecule has 1 aliphatic rings. The van der Waals surface area contributed by atoms with E-state index in [0.29, 0.717) is 6.54 Å². The first-order valence-corrected chi connectivity index (χ1v) is 8.79. The highest BCUT2D eigenvalue weighted by Gasteiger charge is 2.32. The Kier molecular flexibility index (Phi) is 4.53. The van der Waals surface area contributed by atoms with Crippen molar-refractivity contribution in [2.75, 3.05) is 6.54 Å². The lowest BCUT2D eigenvalue weighted by Gasteiger charge is -2.23. The number of likely N-dealkylation sites (tertiary alicyclic amines) is 1. The summed E-state index contributed by atoms with van der Waals surface area (Å²) < 4.78 is 15.1. The van der Waals surface area contributed by atoms with Gasteiger partial charge in [-0.15, -0.1) is 4.68 Å². The molecule has 4 rings (SSSR count). The van der Waals surface area contributed by atoms with E-state index in [1.54, 1.807) is 4.90 Å². The van der Waals surface area contributed by atoms with E-state index in [4.69, 9.17) is 0 Å². The zero-order valence-electron chi connectivity index (χ0n) is 14.5. The van der Waals surface area contributed by atoms with Crippen molar-refractivity contribution in [3.8, 4) is 5.69 Å². The van der Waals surface area contributed by atoms with E-state index in [-0.39, 0.29) is 11.7 Å². The van der Waals surface area contributed by atoms with Gasteiger partial charge in [0.25, 0.3) is 0 Å². The standard InChI is InChI=1S/C19H18FN5O2/c20-15-8-4-9-17(13-15)24-19(27)25(22-21-24)18(26)23-11-5-10-16(23)12-14-6-2-1-3-7-14/h1-4,6-9,13,16H,5,10-12H2. The molecule has 27 heavy (non-hydrogen) atoms. The van der Waals surface area contributed by atoms with Crippen molar-refractivity contribution in [1.29, 1.82) is 0 Å². The van der Waals surface area contributed by atoms with Gasteiger partial charge in [-0.05, 0) is 53.5 Å². The first kappa shape index (κ1) is 17.1. The molecule has 7 nitrogen and oxygen atoms in total. The summed E-state index contributed by atoms with van der Waals surface area (Å²) in [6, 6.07) is 14.9. The van der Waals surface area contributed by atoms with Crippen LogP contribution in [0.2, 0.25) is 0 Å². The highest BCUT2D eigenvalue weighted by atomic mass is 19.1. The molecular weight excluding hydrogens is 349 g/mol. The van der Waals surface area contributed by atoms with Crippen LogP contribution >= 0.6 is 0 Å². The van der Waals surface area contributed by atoms with Crippen molar-refractivity contribution in [2.45, 2.75) is 25.3 Å². The lowest BCUT2D eigenvalue weighted by molar-refractivity contribution is 0.189. The van der Waals surface area contributed by atoms with Gasteiger partial charge in [-0.25, -0.2) is 14.0 Å². The molecule has 2 aromatic carbocycles. The quantitative estimate of drug-likeness (QED) is 0.666. The predicted molar refractivity (Wildman–Crippen MR) is 96.2 cm³/mol. The smallest absolute Gasteiger partial charge is 0.319 e. The van der Waals surface area contributed by atoms with E-state index < -0.39 is 17.5 Å². The summed E-state index contributed by atoms with van der Waals surface area (Å²) in [5.41, 5.74) is 0.648. The zero-order valence-corrected chi connectivity index (χ0v) is 14.5. The monoisotopic (exact) mass is 367 g/mol. The van der Waals surface area contributed by atoms with E-state index in [1.165, 1.54) is 24.3 Å². The Morgan fingerprint density at radius 2 is 1.93 bits per heavy atom. The second-order valence-corrected chi connectivity index (χ2v) is 6.53. The highest BCUT2D eigenvalue weighted by Crippen LogP contribution is 2.21. The number of carbonyl (C=O) groups is 1. The Labute approximate surface area is 154 Å². The fraction of sp³-hybridized carbons (Fsp3) is 0.263. The van der Waals surface area contributed by atoms with E-state index >= 15 is 0 Å². The summed E-state index contributed by atoms with van der Waals surface area (Å²) in [5, 5.41) is 7.44. The number of amides is 1. The number of rotatable bonds is 3. The second kappa shape index (κ2) is 7.14. The molecule has 1 saturated heterocycles. The summed E-state index contributed by atoms with van der Waals surface area (Å²) in [5.74, 6) is -0.497. The normalized spacial score (nSPS) is 16.6. The van der Waals surface area contributed by atoms with Crippen molar-refractivity contribution in [2.24, 2.45) is 0 Å². The fourth-order valence-corrected chi connectivity index (χ4v) is 3.44. The van der Waals surface area contributed by atoms with Crippen molar-refractivity contribution in [3.05, 3.63) is 76.5 Å². The van der Waals surface area contributed by atoms with E-state index in [1.807, 2.05) is 30.3 Å². The maximum absolute atomic E-state index is 13.4. The molecule has 1 amide bonds. The van der Waals surface area contributed by atoms with Crippen molar-refractivity contribution < 1.29 is 9.18 Å². The van der Waals surface area contributed by atoms with Crippen LogP contribution in [0.25, 0.3) is 5.69 Å². The lowest BCUT2D eigenvalue weighted by Crippen LogP contribution is -2.44. The molecular formula is C19H18FN5O2. The number of hydrogen-bond acceptors (Lipinski definition) is 4. The Bertz CT molecular complexity index is 1010. The summed E-state index contributed by atoms with van der Waals surface area (Å²) in [6.07, 6.45) is 2.46. The minimum Gasteiger partial charge on any atom is -0.319 e. The summed E-state index contributed by atoms with van der Waals surface area (Å²) in [6.45, 7) is 0.565. The van der Waals surface area contributed by atoms with Gasteiger partial charge in [0.1, 0.15) is 5.82 Å². The van der Waals surface area contributed by atoms with E-state index in [9.17, 15) is 14.0 Å². The van der Waals surface area contributed by atoms with Crippen LogP contribution in [0.5, 0.6) is 0 Å². The topological polar surface area (TPSA) is 73.0 Å². The minimum absolute atomic E-state index is 0.00567. The molecule has 3 aromatic rings. The van der Waals surface area contributed by atoms with Gasteiger partial charge >= 0.3 is 11.7 Å². The summed E-state index contributed by atoms with van der Waals surface area (Å²) >= 11 is 0. The Morgan fingerprint density at radius 1 is 1.11 bits per heavy atom. The molecule has 1 fully saturated rings. The van der Waals surface area contributed by atoms with Gasteiger partial charge in [0, 0.05) is 12.6 Å². The number of benzene rings is 2. The molecule has 0 bridgehead atoms. The van der Waals surface area contributed by atoms with Gasteiger partial charge in [-0.1, -0.05) is 36.4 Å². The molecule has 0 saturated carbocycles. The Balaban J connectivity index is 1.58. The van der Waals surface area contributed by atoms with Gasteiger partial charge in [0.2, 0.25) is 0 Å². The molecule has 0 spiro atoms. The first-order chi connectivity index (χ1) is 13.1. The lowest BCUT2D eigenvalue weighted by atomic mass is 10.0. The molecule has 2 heterocycles. The molecule has 1 unspecified atom stereocenters. The van der Waals surface area contributed by atoms with Crippen LogP contribution in [0.1, 0.15) is 18.4 Å². The number of nitrogens with zero attached hydrogens (tertiary/aromatic N) is 5. The molecule has 0 radical (unpaired) electrons. The third-order valence-electron chi connectivity index (χ3n) is 4.75. The maximum atomic E-state index is 13.4. The van der Waals surface area contributed by atoms with Gasteiger partial charge < -0.3 is 4.90 Å². The summed E-state index contributed by atoms with van der Waals surface area (Å²) in [7, 11) is 0. The molecule has 138 valence electrons. The number of halogens is 1. The summed E-state index contributed by atoms with van der Waals surface area (Å²) in [4.78, 5) is 27.1. The number of carbonyl (C=O) groups excluding carboxylic acids is 1. The van der Waals surface area contributed by atoms with E-state index in [2.05, 4.69) is 10.4 Å². The maximum Gasteiger partial charge on any atom is 0.377 e. The highest BCUT2D eigenvalue weighted by molar-refractivity contribution is 5.76. The molecule has 0 aliphatic carbocycles.